The number of ether oxygens (including phenoxy) is 1. The molecule has 1 N–H and O–H groups in total. The summed E-state index contributed by atoms with van der Waals surface area (Å²) in [5.74, 6) is -0.451. The van der Waals surface area contributed by atoms with Gasteiger partial charge in [0, 0.05) is 23.9 Å². The molecule has 1 fully saturated rings. The van der Waals surface area contributed by atoms with Gasteiger partial charge in [0.1, 0.15) is 0 Å². The van der Waals surface area contributed by atoms with Crippen molar-refractivity contribution in [1.82, 2.24) is 10.3 Å². The molecule has 1 unspecified atom stereocenters. The van der Waals surface area contributed by atoms with Crippen LogP contribution in [-0.4, -0.2) is 35.8 Å². The van der Waals surface area contributed by atoms with E-state index in [0.717, 1.165) is 31.6 Å². The molecule has 6 nitrogen and oxygen atoms in total. The van der Waals surface area contributed by atoms with Crippen LogP contribution in [0.4, 0.5) is 0 Å². The Bertz CT molecular complexity index is 656. The number of hydrogen-bond acceptors (Lipinski definition) is 5. The topological polar surface area (TPSA) is 85.4 Å². The Hall–Kier alpha value is -2.24. The molecule has 166 valence electrons. The number of rotatable bonds is 13. The highest BCUT2D eigenvalue weighted by Crippen LogP contribution is 2.28. The number of aromatic nitrogens is 1. The molecule has 1 aliphatic rings. The molecule has 1 atom stereocenters. The van der Waals surface area contributed by atoms with Crippen LogP contribution < -0.4 is 5.32 Å². The Balaban J connectivity index is 1.84. The Kier molecular flexibility index (Phi) is 11.1. The number of amides is 1. The first kappa shape index (κ1) is 24.0. The SMILES string of the molecule is CCCCOC(=O)CC(CCCC1CCCCC1)C(=O)NCC(=O)c1ccncc1. The molecule has 1 aromatic heterocycles. The standard InChI is InChI=1S/C24H36N2O4/c1-2-3-16-30-23(28)17-21(11-7-10-19-8-5-4-6-9-19)24(29)26-18-22(27)20-12-14-25-15-13-20/h12-15,19,21H,2-11,16-18H2,1H3,(H,26,29). The monoisotopic (exact) mass is 416 g/mol. The van der Waals surface area contributed by atoms with E-state index in [1.807, 2.05) is 6.92 Å². The van der Waals surface area contributed by atoms with Crippen LogP contribution in [-0.2, 0) is 14.3 Å². The second-order valence-electron chi connectivity index (χ2n) is 8.29. The molecule has 1 saturated carbocycles. The normalized spacial score (nSPS) is 15.4. The van der Waals surface area contributed by atoms with Gasteiger partial charge in [-0.15, -0.1) is 0 Å². The van der Waals surface area contributed by atoms with Crippen molar-refractivity contribution in [3.05, 3.63) is 30.1 Å². The first-order valence-corrected chi connectivity index (χ1v) is 11.5. The number of hydrogen-bond donors (Lipinski definition) is 1. The smallest absolute Gasteiger partial charge is 0.306 e. The largest absolute Gasteiger partial charge is 0.466 e. The molecule has 0 aliphatic heterocycles. The van der Waals surface area contributed by atoms with Crippen LogP contribution in [0.2, 0.25) is 0 Å². The first-order chi connectivity index (χ1) is 14.6. The van der Waals surface area contributed by atoms with E-state index in [-0.39, 0.29) is 30.6 Å². The van der Waals surface area contributed by atoms with Crippen molar-refractivity contribution < 1.29 is 19.1 Å². The van der Waals surface area contributed by atoms with Crippen LogP contribution in [0.3, 0.4) is 0 Å². The lowest BCUT2D eigenvalue weighted by Crippen LogP contribution is -2.36. The predicted molar refractivity (Wildman–Crippen MR) is 116 cm³/mol. The van der Waals surface area contributed by atoms with Gasteiger partial charge >= 0.3 is 5.97 Å². The Labute approximate surface area is 180 Å². The fraction of sp³-hybridized carbons (Fsp3) is 0.667. The summed E-state index contributed by atoms with van der Waals surface area (Å²) in [5, 5.41) is 2.73. The van der Waals surface area contributed by atoms with Crippen molar-refractivity contribution in [2.24, 2.45) is 11.8 Å². The number of pyridine rings is 1. The zero-order chi connectivity index (χ0) is 21.6. The van der Waals surface area contributed by atoms with E-state index in [0.29, 0.717) is 18.6 Å². The van der Waals surface area contributed by atoms with Crippen molar-refractivity contribution in [3.63, 3.8) is 0 Å². The molecule has 1 aliphatic carbocycles. The fourth-order valence-electron chi connectivity index (χ4n) is 4.00. The van der Waals surface area contributed by atoms with Gasteiger partial charge in [0.2, 0.25) is 5.91 Å². The molecule has 1 amide bonds. The molecule has 0 radical (unpaired) electrons. The van der Waals surface area contributed by atoms with Gasteiger partial charge in [0.05, 0.1) is 19.6 Å². The van der Waals surface area contributed by atoms with Gasteiger partial charge in [-0.05, 0) is 30.9 Å². The second kappa shape index (κ2) is 13.9. The molecule has 0 aromatic carbocycles. The third-order valence-electron chi connectivity index (χ3n) is 5.86. The molecule has 1 heterocycles. The average molecular weight is 417 g/mol. The molecule has 6 heteroatoms. The highest BCUT2D eigenvalue weighted by atomic mass is 16.5. The quantitative estimate of drug-likeness (QED) is 0.291. The van der Waals surface area contributed by atoms with E-state index in [2.05, 4.69) is 10.3 Å². The zero-order valence-corrected chi connectivity index (χ0v) is 18.2. The summed E-state index contributed by atoms with van der Waals surface area (Å²) in [6.45, 7) is 2.36. The fourth-order valence-corrected chi connectivity index (χ4v) is 4.00. The molecule has 0 saturated heterocycles. The number of nitrogens with zero attached hydrogens (tertiary/aromatic N) is 1. The third kappa shape index (κ3) is 9.06. The van der Waals surface area contributed by atoms with Gasteiger partial charge in [0.25, 0.3) is 0 Å². The van der Waals surface area contributed by atoms with Crippen LogP contribution in [0, 0.1) is 11.8 Å². The number of carbonyl (C=O) groups excluding carboxylic acids is 3. The first-order valence-electron chi connectivity index (χ1n) is 11.5. The summed E-state index contributed by atoms with van der Waals surface area (Å²) in [7, 11) is 0. The predicted octanol–water partition coefficient (Wildman–Crippen LogP) is 4.48. The molecular weight excluding hydrogens is 380 g/mol. The highest BCUT2D eigenvalue weighted by molar-refractivity contribution is 5.99. The van der Waals surface area contributed by atoms with E-state index >= 15 is 0 Å². The molecule has 2 rings (SSSR count). The van der Waals surface area contributed by atoms with Crippen molar-refractivity contribution in [1.29, 1.82) is 0 Å². The van der Waals surface area contributed by atoms with Crippen LogP contribution >= 0.6 is 0 Å². The van der Waals surface area contributed by atoms with Crippen LogP contribution in [0.5, 0.6) is 0 Å². The number of ketones is 1. The van der Waals surface area contributed by atoms with Crippen molar-refractivity contribution in [2.75, 3.05) is 13.2 Å². The second-order valence-corrected chi connectivity index (χ2v) is 8.29. The van der Waals surface area contributed by atoms with E-state index in [4.69, 9.17) is 4.74 Å². The molecular formula is C24H36N2O4. The van der Waals surface area contributed by atoms with E-state index in [1.54, 1.807) is 24.5 Å². The summed E-state index contributed by atoms with van der Waals surface area (Å²) in [6.07, 6.45) is 14.1. The maximum Gasteiger partial charge on any atom is 0.306 e. The maximum atomic E-state index is 12.7. The van der Waals surface area contributed by atoms with Crippen LogP contribution in [0.1, 0.15) is 87.9 Å². The number of Topliss-reactive ketones (excluding diaryl/α,β-unsaturated/α-hetero) is 1. The minimum Gasteiger partial charge on any atom is -0.466 e. The lowest BCUT2D eigenvalue weighted by Gasteiger charge is -2.22. The number of nitrogens with one attached hydrogen (secondary N) is 1. The van der Waals surface area contributed by atoms with Gasteiger partial charge < -0.3 is 10.1 Å². The summed E-state index contributed by atoms with van der Waals surface area (Å²) < 4.78 is 5.26. The lowest BCUT2D eigenvalue weighted by atomic mass is 9.84. The van der Waals surface area contributed by atoms with Gasteiger partial charge in [-0.2, -0.15) is 0 Å². The van der Waals surface area contributed by atoms with Crippen molar-refractivity contribution >= 4 is 17.7 Å². The van der Waals surface area contributed by atoms with Gasteiger partial charge in [-0.25, -0.2) is 0 Å². The third-order valence-corrected chi connectivity index (χ3v) is 5.86. The van der Waals surface area contributed by atoms with E-state index in [9.17, 15) is 14.4 Å². The molecule has 30 heavy (non-hydrogen) atoms. The Morgan fingerprint density at radius 1 is 1.13 bits per heavy atom. The Morgan fingerprint density at radius 2 is 1.87 bits per heavy atom. The van der Waals surface area contributed by atoms with Crippen LogP contribution in [0.15, 0.2) is 24.5 Å². The highest BCUT2D eigenvalue weighted by Gasteiger charge is 2.24. The van der Waals surface area contributed by atoms with E-state index in [1.165, 1.54) is 32.1 Å². The summed E-state index contributed by atoms with van der Waals surface area (Å²) in [5.41, 5.74) is 0.512. The number of carbonyl (C=O) groups is 3. The number of esters is 1. The van der Waals surface area contributed by atoms with Crippen LogP contribution in [0.25, 0.3) is 0 Å². The summed E-state index contributed by atoms with van der Waals surface area (Å²) in [6, 6.07) is 3.25. The average Bonchev–Trinajstić information content (AvgIpc) is 2.78. The summed E-state index contributed by atoms with van der Waals surface area (Å²) in [4.78, 5) is 41.1. The minimum absolute atomic E-state index is 0.0731. The van der Waals surface area contributed by atoms with Crippen molar-refractivity contribution in [3.8, 4) is 0 Å². The molecule has 0 spiro atoms. The number of unbranched alkanes of at least 4 members (excludes halogenated alkanes) is 1. The van der Waals surface area contributed by atoms with Gasteiger partial charge in [-0.3, -0.25) is 19.4 Å². The molecule has 1 aromatic rings. The van der Waals surface area contributed by atoms with E-state index < -0.39 is 5.92 Å². The minimum atomic E-state index is -0.451. The lowest BCUT2D eigenvalue weighted by molar-refractivity contribution is -0.147. The zero-order valence-electron chi connectivity index (χ0n) is 18.2. The molecule has 0 bridgehead atoms. The summed E-state index contributed by atoms with van der Waals surface area (Å²) >= 11 is 0. The maximum absolute atomic E-state index is 12.7. The van der Waals surface area contributed by atoms with Gasteiger partial charge in [-0.1, -0.05) is 58.3 Å². The Morgan fingerprint density at radius 3 is 2.57 bits per heavy atom. The van der Waals surface area contributed by atoms with Gasteiger partial charge in [0.15, 0.2) is 5.78 Å². The van der Waals surface area contributed by atoms with Crippen molar-refractivity contribution in [2.45, 2.75) is 77.6 Å².